The summed E-state index contributed by atoms with van der Waals surface area (Å²) in [6.07, 6.45) is 3.00. The maximum atomic E-state index is 5.78. The zero-order valence-electron chi connectivity index (χ0n) is 10.8. The SMILES string of the molecule is Cc1nc(CCNc2cc(N)nc(C3CC3)n2)no1. The molecule has 2 heterocycles. The smallest absolute Gasteiger partial charge is 0.223 e. The fourth-order valence-electron chi connectivity index (χ4n) is 1.85. The maximum Gasteiger partial charge on any atom is 0.223 e. The van der Waals surface area contributed by atoms with Gasteiger partial charge >= 0.3 is 0 Å². The van der Waals surface area contributed by atoms with Crippen molar-refractivity contribution in [2.75, 3.05) is 17.6 Å². The summed E-state index contributed by atoms with van der Waals surface area (Å²) in [7, 11) is 0. The lowest BCUT2D eigenvalue weighted by molar-refractivity contribution is 0.387. The molecule has 100 valence electrons. The van der Waals surface area contributed by atoms with Crippen molar-refractivity contribution in [3.63, 3.8) is 0 Å². The highest BCUT2D eigenvalue weighted by Crippen LogP contribution is 2.38. The van der Waals surface area contributed by atoms with Gasteiger partial charge in [-0.15, -0.1) is 0 Å². The fraction of sp³-hybridized carbons (Fsp3) is 0.500. The lowest BCUT2D eigenvalue weighted by atomic mass is 10.3. The zero-order chi connectivity index (χ0) is 13.2. The van der Waals surface area contributed by atoms with Crippen molar-refractivity contribution in [3.8, 4) is 0 Å². The van der Waals surface area contributed by atoms with E-state index >= 15 is 0 Å². The number of nitrogens with zero attached hydrogens (tertiary/aromatic N) is 4. The monoisotopic (exact) mass is 260 g/mol. The second-order valence-corrected chi connectivity index (χ2v) is 4.72. The molecule has 0 bridgehead atoms. The van der Waals surface area contributed by atoms with E-state index in [0.717, 1.165) is 24.5 Å². The Morgan fingerprint density at radius 2 is 2.21 bits per heavy atom. The predicted molar refractivity (Wildman–Crippen MR) is 69.6 cm³/mol. The lowest BCUT2D eigenvalue weighted by Gasteiger charge is -2.06. The molecule has 19 heavy (non-hydrogen) atoms. The molecule has 7 nitrogen and oxygen atoms in total. The van der Waals surface area contributed by atoms with E-state index in [0.29, 0.717) is 36.4 Å². The summed E-state index contributed by atoms with van der Waals surface area (Å²) in [5.74, 6) is 3.87. The van der Waals surface area contributed by atoms with Gasteiger partial charge < -0.3 is 15.6 Å². The molecule has 0 atom stereocenters. The number of hydrogen-bond donors (Lipinski definition) is 2. The van der Waals surface area contributed by atoms with Crippen LogP contribution in [0.3, 0.4) is 0 Å². The number of anilines is 2. The van der Waals surface area contributed by atoms with Crippen LogP contribution in [0.15, 0.2) is 10.6 Å². The standard InChI is InChI=1S/C12H16N6O/c1-7-15-10(18-19-7)4-5-14-11-6-9(13)16-12(17-11)8-2-3-8/h6,8H,2-5H2,1H3,(H3,13,14,16,17). The van der Waals surface area contributed by atoms with Gasteiger partial charge in [0.15, 0.2) is 5.82 Å². The number of nitrogen functional groups attached to an aromatic ring is 1. The fourth-order valence-corrected chi connectivity index (χ4v) is 1.85. The first-order chi connectivity index (χ1) is 9.20. The van der Waals surface area contributed by atoms with Crippen molar-refractivity contribution in [2.24, 2.45) is 0 Å². The second-order valence-electron chi connectivity index (χ2n) is 4.72. The molecule has 3 N–H and O–H groups in total. The van der Waals surface area contributed by atoms with Gasteiger partial charge in [0.1, 0.15) is 17.5 Å². The number of nitrogens with two attached hydrogens (primary N) is 1. The highest BCUT2D eigenvalue weighted by atomic mass is 16.5. The Bertz CT molecular complexity index is 577. The number of hydrogen-bond acceptors (Lipinski definition) is 7. The molecule has 7 heteroatoms. The predicted octanol–water partition coefficient (Wildman–Crippen LogP) is 1.28. The Hall–Kier alpha value is -2.18. The van der Waals surface area contributed by atoms with Crippen molar-refractivity contribution in [1.29, 1.82) is 0 Å². The topological polar surface area (TPSA) is 103 Å². The van der Waals surface area contributed by atoms with E-state index in [1.807, 2.05) is 0 Å². The van der Waals surface area contributed by atoms with Gasteiger partial charge in [-0.05, 0) is 12.8 Å². The van der Waals surface area contributed by atoms with E-state index in [1.54, 1.807) is 13.0 Å². The summed E-state index contributed by atoms with van der Waals surface area (Å²) in [6, 6.07) is 1.74. The van der Waals surface area contributed by atoms with Crippen LogP contribution in [0.25, 0.3) is 0 Å². The summed E-state index contributed by atoms with van der Waals surface area (Å²) >= 11 is 0. The molecule has 1 aliphatic rings. The molecule has 2 aromatic heterocycles. The highest BCUT2D eigenvalue weighted by Gasteiger charge is 2.27. The first-order valence-corrected chi connectivity index (χ1v) is 6.38. The third-order valence-corrected chi connectivity index (χ3v) is 2.93. The van der Waals surface area contributed by atoms with Crippen LogP contribution in [0.4, 0.5) is 11.6 Å². The molecular formula is C12H16N6O. The van der Waals surface area contributed by atoms with Gasteiger partial charge in [0.05, 0.1) is 0 Å². The molecule has 0 aliphatic heterocycles. The van der Waals surface area contributed by atoms with Crippen LogP contribution in [-0.4, -0.2) is 26.7 Å². The van der Waals surface area contributed by atoms with Gasteiger partial charge in [-0.3, -0.25) is 0 Å². The number of aryl methyl sites for hydroxylation is 1. The molecule has 0 amide bonds. The Labute approximate surface area is 110 Å². The number of nitrogens with one attached hydrogen (secondary N) is 1. The summed E-state index contributed by atoms with van der Waals surface area (Å²) in [5.41, 5.74) is 5.78. The molecule has 1 fully saturated rings. The zero-order valence-corrected chi connectivity index (χ0v) is 10.8. The Morgan fingerprint density at radius 1 is 1.37 bits per heavy atom. The minimum absolute atomic E-state index is 0.490. The van der Waals surface area contributed by atoms with Crippen LogP contribution in [-0.2, 0) is 6.42 Å². The highest BCUT2D eigenvalue weighted by molar-refractivity contribution is 5.45. The lowest BCUT2D eigenvalue weighted by Crippen LogP contribution is -2.09. The van der Waals surface area contributed by atoms with Gasteiger partial charge in [0, 0.05) is 31.9 Å². The van der Waals surface area contributed by atoms with E-state index in [4.69, 9.17) is 10.3 Å². The molecule has 0 unspecified atom stereocenters. The first-order valence-electron chi connectivity index (χ1n) is 6.38. The van der Waals surface area contributed by atoms with E-state index in [-0.39, 0.29) is 0 Å². The van der Waals surface area contributed by atoms with Gasteiger partial charge in [0.2, 0.25) is 5.89 Å². The van der Waals surface area contributed by atoms with Gasteiger partial charge in [-0.1, -0.05) is 5.16 Å². The third-order valence-electron chi connectivity index (χ3n) is 2.93. The largest absolute Gasteiger partial charge is 0.384 e. The molecular weight excluding hydrogens is 244 g/mol. The van der Waals surface area contributed by atoms with E-state index in [2.05, 4.69) is 25.4 Å². The molecule has 0 aromatic carbocycles. The van der Waals surface area contributed by atoms with E-state index in [1.165, 1.54) is 0 Å². The van der Waals surface area contributed by atoms with Gasteiger partial charge in [-0.2, -0.15) is 4.98 Å². The molecule has 0 radical (unpaired) electrons. The van der Waals surface area contributed by atoms with Gasteiger partial charge in [0.25, 0.3) is 0 Å². The van der Waals surface area contributed by atoms with Crippen LogP contribution >= 0.6 is 0 Å². The van der Waals surface area contributed by atoms with Crippen LogP contribution in [0, 0.1) is 6.92 Å². The average molecular weight is 260 g/mol. The van der Waals surface area contributed by atoms with Crippen LogP contribution in [0.5, 0.6) is 0 Å². The second kappa shape index (κ2) is 4.83. The molecule has 1 aliphatic carbocycles. The van der Waals surface area contributed by atoms with Crippen LogP contribution in [0.2, 0.25) is 0 Å². The van der Waals surface area contributed by atoms with E-state index < -0.39 is 0 Å². The minimum atomic E-state index is 0.490. The molecule has 2 aromatic rings. The first kappa shape index (κ1) is 11.9. The number of aromatic nitrogens is 4. The maximum absolute atomic E-state index is 5.78. The normalized spacial score (nSPS) is 14.6. The van der Waals surface area contributed by atoms with Crippen molar-refractivity contribution >= 4 is 11.6 Å². The molecule has 0 spiro atoms. The van der Waals surface area contributed by atoms with Crippen LogP contribution in [0.1, 0.15) is 36.3 Å². The third kappa shape index (κ3) is 2.98. The van der Waals surface area contributed by atoms with Crippen molar-refractivity contribution < 1.29 is 4.52 Å². The van der Waals surface area contributed by atoms with Gasteiger partial charge in [-0.25, -0.2) is 9.97 Å². The summed E-state index contributed by atoms with van der Waals surface area (Å²) in [4.78, 5) is 12.9. The van der Waals surface area contributed by atoms with Crippen LogP contribution < -0.4 is 11.1 Å². The summed E-state index contributed by atoms with van der Waals surface area (Å²) in [6.45, 7) is 2.45. The molecule has 3 rings (SSSR count). The summed E-state index contributed by atoms with van der Waals surface area (Å²) < 4.78 is 4.91. The average Bonchev–Trinajstić information content (AvgIpc) is 3.13. The Kier molecular flexibility index (Phi) is 3.02. The molecule has 0 saturated heterocycles. The van der Waals surface area contributed by atoms with Crippen molar-refractivity contribution in [2.45, 2.75) is 32.1 Å². The minimum Gasteiger partial charge on any atom is -0.384 e. The Morgan fingerprint density at radius 3 is 2.89 bits per heavy atom. The Balaban J connectivity index is 1.60. The quantitative estimate of drug-likeness (QED) is 0.834. The van der Waals surface area contributed by atoms with Crippen molar-refractivity contribution in [1.82, 2.24) is 20.1 Å². The summed E-state index contributed by atoms with van der Waals surface area (Å²) in [5, 5.41) is 7.05. The van der Waals surface area contributed by atoms with E-state index in [9.17, 15) is 0 Å². The number of rotatable bonds is 5. The van der Waals surface area contributed by atoms with Crippen molar-refractivity contribution in [3.05, 3.63) is 23.6 Å². The molecule has 1 saturated carbocycles.